The SMILES string of the molecule is Cn1cnc(CNc2ccc(S(C)(=N)=O)cc2)c1. The lowest BCUT2D eigenvalue weighted by Crippen LogP contribution is -2.00. The van der Waals surface area contributed by atoms with Gasteiger partial charge < -0.3 is 9.88 Å². The number of anilines is 1. The molecule has 1 aromatic heterocycles. The summed E-state index contributed by atoms with van der Waals surface area (Å²) in [4.78, 5) is 4.76. The van der Waals surface area contributed by atoms with Crippen LogP contribution in [0.15, 0.2) is 41.7 Å². The van der Waals surface area contributed by atoms with Crippen molar-refractivity contribution in [1.82, 2.24) is 9.55 Å². The molecule has 0 aliphatic rings. The van der Waals surface area contributed by atoms with Crippen LogP contribution in [0.5, 0.6) is 0 Å². The van der Waals surface area contributed by atoms with Crippen molar-refractivity contribution in [3.8, 4) is 0 Å². The van der Waals surface area contributed by atoms with E-state index in [0.717, 1.165) is 11.4 Å². The average molecular weight is 264 g/mol. The Morgan fingerprint density at radius 3 is 2.56 bits per heavy atom. The van der Waals surface area contributed by atoms with E-state index in [2.05, 4.69) is 10.3 Å². The Labute approximate surface area is 107 Å². The number of benzene rings is 1. The Balaban J connectivity index is 2.03. The van der Waals surface area contributed by atoms with Crippen LogP contribution in [0.4, 0.5) is 5.69 Å². The van der Waals surface area contributed by atoms with Crippen LogP contribution in [0.1, 0.15) is 5.69 Å². The summed E-state index contributed by atoms with van der Waals surface area (Å²) in [6.45, 7) is 0.641. The van der Waals surface area contributed by atoms with Gasteiger partial charge in [0.25, 0.3) is 0 Å². The molecule has 0 aliphatic carbocycles. The Morgan fingerprint density at radius 2 is 2.06 bits per heavy atom. The normalized spacial score (nSPS) is 14.1. The summed E-state index contributed by atoms with van der Waals surface area (Å²) in [5.41, 5.74) is 1.88. The maximum atomic E-state index is 11.5. The van der Waals surface area contributed by atoms with Crippen molar-refractivity contribution in [2.45, 2.75) is 11.4 Å². The van der Waals surface area contributed by atoms with Gasteiger partial charge in [0, 0.05) is 30.1 Å². The molecule has 0 saturated carbocycles. The number of aromatic nitrogens is 2. The number of hydrogen-bond acceptors (Lipinski definition) is 4. The Hall–Kier alpha value is -1.82. The van der Waals surface area contributed by atoms with Crippen LogP contribution < -0.4 is 5.32 Å². The molecular weight excluding hydrogens is 248 g/mol. The summed E-state index contributed by atoms with van der Waals surface area (Å²) in [6.07, 6.45) is 5.12. The quantitative estimate of drug-likeness (QED) is 0.888. The van der Waals surface area contributed by atoms with Gasteiger partial charge in [-0.05, 0) is 24.3 Å². The van der Waals surface area contributed by atoms with Crippen LogP contribution in [0.2, 0.25) is 0 Å². The zero-order valence-electron chi connectivity index (χ0n) is 10.4. The fourth-order valence-electron chi connectivity index (χ4n) is 1.58. The van der Waals surface area contributed by atoms with Crippen molar-refractivity contribution in [2.75, 3.05) is 11.6 Å². The highest BCUT2D eigenvalue weighted by Crippen LogP contribution is 2.14. The molecule has 96 valence electrons. The third-order valence-corrected chi connectivity index (χ3v) is 3.71. The summed E-state index contributed by atoms with van der Waals surface area (Å²) in [5, 5.41) is 3.22. The Kier molecular flexibility index (Phi) is 3.38. The maximum Gasteiger partial charge on any atom is 0.0947 e. The van der Waals surface area contributed by atoms with Crippen LogP contribution in [-0.4, -0.2) is 20.0 Å². The van der Waals surface area contributed by atoms with E-state index in [-0.39, 0.29) is 0 Å². The second kappa shape index (κ2) is 4.81. The van der Waals surface area contributed by atoms with Gasteiger partial charge in [0.15, 0.2) is 0 Å². The molecule has 2 rings (SSSR count). The molecule has 5 nitrogen and oxygen atoms in total. The average Bonchev–Trinajstić information content (AvgIpc) is 2.72. The molecule has 18 heavy (non-hydrogen) atoms. The molecule has 1 heterocycles. The molecule has 0 fully saturated rings. The number of nitrogens with one attached hydrogen (secondary N) is 2. The van der Waals surface area contributed by atoms with E-state index < -0.39 is 9.73 Å². The van der Waals surface area contributed by atoms with Crippen molar-refractivity contribution >= 4 is 15.4 Å². The van der Waals surface area contributed by atoms with Crippen LogP contribution >= 0.6 is 0 Å². The van der Waals surface area contributed by atoms with Crippen LogP contribution in [0.25, 0.3) is 0 Å². The summed E-state index contributed by atoms with van der Waals surface area (Å²) < 4.78 is 20.9. The van der Waals surface area contributed by atoms with E-state index in [1.54, 1.807) is 18.5 Å². The van der Waals surface area contributed by atoms with Crippen molar-refractivity contribution in [3.05, 3.63) is 42.5 Å². The monoisotopic (exact) mass is 264 g/mol. The lowest BCUT2D eigenvalue weighted by molar-refractivity contribution is 0.679. The lowest BCUT2D eigenvalue weighted by atomic mass is 10.3. The fraction of sp³-hybridized carbons (Fsp3) is 0.250. The summed E-state index contributed by atoms with van der Waals surface area (Å²) in [6, 6.07) is 7.10. The first-order valence-corrected chi connectivity index (χ1v) is 7.46. The van der Waals surface area contributed by atoms with E-state index in [0.29, 0.717) is 11.4 Å². The lowest BCUT2D eigenvalue weighted by Gasteiger charge is -2.06. The number of hydrogen-bond donors (Lipinski definition) is 2. The van der Waals surface area contributed by atoms with E-state index in [1.165, 1.54) is 6.26 Å². The van der Waals surface area contributed by atoms with Gasteiger partial charge in [-0.2, -0.15) is 0 Å². The third kappa shape index (κ3) is 3.10. The minimum absolute atomic E-state index is 0.547. The zero-order valence-corrected chi connectivity index (χ0v) is 11.2. The van der Waals surface area contributed by atoms with Crippen molar-refractivity contribution in [3.63, 3.8) is 0 Å². The number of nitrogens with zero attached hydrogens (tertiary/aromatic N) is 2. The molecule has 0 spiro atoms. The topological polar surface area (TPSA) is 70.8 Å². The second-order valence-electron chi connectivity index (χ2n) is 4.25. The zero-order chi connectivity index (χ0) is 13.2. The summed E-state index contributed by atoms with van der Waals surface area (Å²) in [7, 11) is -0.699. The predicted octanol–water partition coefficient (Wildman–Crippen LogP) is 2.07. The van der Waals surface area contributed by atoms with E-state index >= 15 is 0 Å². The molecule has 6 heteroatoms. The van der Waals surface area contributed by atoms with Crippen molar-refractivity contribution < 1.29 is 4.21 Å². The fourth-order valence-corrected chi connectivity index (χ4v) is 2.24. The molecule has 1 atom stereocenters. The second-order valence-corrected chi connectivity index (χ2v) is 6.41. The number of imidazole rings is 1. The molecule has 0 saturated heterocycles. The molecular formula is C12H16N4OS. The molecule has 0 amide bonds. The molecule has 1 unspecified atom stereocenters. The Bertz CT molecular complexity index is 628. The number of rotatable bonds is 4. The van der Waals surface area contributed by atoms with E-state index in [4.69, 9.17) is 4.78 Å². The van der Waals surface area contributed by atoms with Crippen LogP contribution in [-0.2, 0) is 23.3 Å². The van der Waals surface area contributed by atoms with Crippen molar-refractivity contribution in [2.24, 2.45) is 7.05 Å². The maximum absolute atomic E-state index is 11.5. The van der Waals surface area contributed by atoms with Gasteiger partial charge in [-0.3, -0.25) is 0 Å². The highest BCUT2D eigenvalue weighted by molar-refractivity contribution is 7.91. The van der Waals surface area contributed by atoms with Gasteiger partial charge in [0.1, 0.15) is 0 Å². The third-order valence-electron chi connectivity index (χ3n) is 2.54. The van der Waals surface area contributed by atoms with Gasteiger partial charge in [0.2, 0.25) is 0 Å². The van der Waals surface area contributed by atoms with Crippen LogP contribution in [0, 0.1) is 4.78 Å². The predicted molar refractivity (Wildman–Crippen MR) is 72.0 cm³/mol. The smallest absolute Gasteiger partial charge is 0.0947 e. The molecule has 0 bridgehead atoms. The minimum Gasteiger partial charge on any atom is -0.379 e. The van der Waals surface area contributed by atoms with E-state index in [1.807, 2.05) is 29.9 Å². The van der Waals surface area contributed by atoms with Gasteiger partial charge in [-0.1, -0.05) is 0 Å². The molecule has 2 N–H and O–H groups in total. The minimum atomic E-state index is -2.63. The highest BCUT2D eigenvalue weighted by atomic mass is 32.2. The first kappa shape index (κ1) is 12.6. The number of aryl methyl sites for hydroxylation is 1. The van der Waals surface area contributed by atoms with Gasteiger partial charge in [-0.25, -0.2) is 14.0 Å². The first-order valence-electron chi connectivity index (χ1n) is 5.50. The summed E-state index contributed by atoms with van der Waals surface area (Å²) >= 11 is 0. The molecule has 0 aliphatic heterocycles. The summed E-state index contributed by atoms with van der Waals surface area (Å²) in [5.74, 6) is 0. The van der Waals surface area contributed by atoms with Crippen molar-refractivity contribution in [1.29, 1.82) is 4.78 Å². The molecule has 1 aromatic carbocycles. The molecule has 2 aromatic rings. The van der Waals surface area contributed by atoms with Crippen LogP contribution in [0.3, 0.4) is 0 Å². The van der Waals surface area contributed by atoms with Gasteiger partial charge in [-0.15, -0.1) is 0 Å². The largest absolute Gasteiger partial charge is 0.379 e. The van der Waals surface area contributed by atoms with Gasteiger partial charge >= 0.3 is 0 Å². The van der Waals surface area contributed by atoms with Gasteiger partial charge in [0.05, 0.1) is 28.3 Å². The molecule has 0 radical (unpaired) electrons. The van der Waals surface area contributed by atoms with E-state index in [9.17, 15) is 4.21 Å². The standard InChI is InChI=1S/C12H16N4OS/c1-16-8-11(15-9-16)7-14-10-3-5-12(6-4-10)18(2,13)17/h3-6,8-9,13-14H,7H2,1-2H3. The highest BCUT2D eigenvalue weighted by Gasteiger charge is 2.02. The Morgan fingerprint density at radius 1 is 1.39 bits per heavy atom. The first-order chi connectivity index (χ1) is 8.45.